The summed E-state index contributed by atoms with van der Waals surface area (Å²) < 4.78 is 5.64. The second-order valence-electron chi connectivity index (χ2n) is 7.14. The summed E-state index contributed by atoms with van der Waals surface area (Å²) >= 11 is 0. The van der Waals surface area contributed by atoms with Crippen LogP contribution < -0.4 is 0 Å². The van der Waals surface area contributed by atoms with Crippen molar-refractivity contribution in [2.75, 3.05) is 13.1 Å². The van der Waals surface area contributed by atoms with E-state index in [2.05, 4.69) is 11.0 Å². The van der Waals surface area contributed by atoms with Crippen LogP contribution in [0.3, 0.4) is 0 Å². The van der Waals surface area contributed by atoms with Crippen molar-refractivity contribution in [2.24, 2.45) is 5.92 Å². The minimum absolute atomic E-state index is 0.444. The Hall–Kier alpha value is -2.59. The minimum atomic E-state index is -0.829. The number of nitrogens with zero attached hydrogens (tertiary/aromatic N) is 1. The Morgan fingerprint density at radius 1 is 1.04 bits per heavy atom. The van der Waals surface area contributed by atoms with Crippen molar-refractivity contribution in [2.45, 2.75) is 25.8 Å². The lowest BCUT2D eigenvalue weighted by atomic mass is 9.88. The predicted molar refractivity (Wildman–Crippen MR) is 101 cm³/mol. The average molecular weight is 349 g/mol. The summed E-state index contributed by atoms with van der Waals surface area (Å²) in [5.41, 5.74) is 3.59. The van der Waals surface area contributed by atoms with Gasteiger partial charge in [0.05, 0.1) is 11.8 Å². The lowest BCUT2D eigenvalue weighted by Crippen LogP contribution is -2.34. The molecular formula is C22H23NO3. The zero-order chi connectivity index (χ0) is 17.9. The van der Waals surface area contributed by atoms with Crippen molar-refractivity contribution < 1.29 is 14.3 Å². The van der Waals surface area contributed by atoms with Gasteiger partial charge in [0.15, 0.2) is 0 Å². The summed E-state index contributed by atoms with van der Waals surface area (Å²) in [6, 6.07) is 15.5. The van der Waals surface area contributed by atoms with Crippen LogP contribution in [-0.2, 0) is 13.0 Å². The number of carboxylic acid groups (broad SMARTS) is 1. The quantitative estimate of drug-likeness (QED) is 0.732. The summed E-state index contributed by atoms with van der Waals surface area (Å²) in [6.45, 7) is 2.99. The molecule has 0 atom stereocenters. The van der Waals surface area contributed by atoms with Gasteiger partial charge in [-0.15, -0.1) is 0 Å². The summed E-state index contributed by atoms with van der Waals surface area (Å²) in [6.07, 6.45) is 4.93. The van der Waals surface area contributed by atoms with Crippen molar-refractivity contribution in [3.8, 4) is 0 Å². The number of piperidine rings is 1. The molecule has 4 heteroatoms. The molecule has 2 heterocycles. The maximum Gasteiger partial charge on any atom is 0.335 e. The van der Waals surface area contributed by atoms with Gasteiger partial charge in [-0.05, 0) is 56.0 Å². The molecule has 2 aromatic carbocycles. The van der Waals surface area contributed by atoms with Crippen LogP contribution in [0.1, 0.15) is 34.3 Å². The van der Waals surface area contributed by atoms with E-state index in [4.69, 9.17) is 4.42 Å². The Labute approximate surface area is 153 Å². The van der Waals surface area contributed by atoms with E-state index in [-0.39, 0.29) is 0 Å². The number of fused-ring (bicyclic) bond motifs is 1. The van der Waals surface area contributed by atoms with Gasteiger partial charge in [0.1, 0.15) is 5.58 Å². The van der Waals surface area contributed by atoms with Gasteiger partial charge in [0.25, 0.3) is 0 Å². The largest absolute Gasteiger partial charge is 0.478 e. The fourth-order valence-corrected chi connectivity index (χ4v) is 3.96. The first-order chi connectivity index (χ1) is 12.7. The van der Waals surface area contributed by atoms with Gasteiger partial charge in [-0.3, -0.25) is 4.90 Å². The molecule has 0 bridgehead atoms. The first-order valence-corrected chi connectivity index (χ1v) is 9.19. The zero-order valence-electron chi connectivity index (χ0n) is 14.7. The van der Waals surface area contributed by atoms with E-state index in [0.717, 1.165) is 50.0 Å². The topological polar surface area (TPSA) is 53.7 Å². The summed E-state index contributed by atoms with van der Waals surface area (Å²) in [4.78, 5) is 13.9. The molecule has 0 spiro atoms. The van der Waals surface area contributed by atoms with Crippen molar-refractivity contribution in [3.63, 3.8) is 0 Å². The molecule has 1 aromatic heterocycles. The third kappa shape index (κ3) is 3.51. The van der Waals surface area contributed by atoms with Crippen molar-refractivity contribution >= 4 is 16.9 Å². The van der Waals surface area contributed by atoms with Crippen LogP contribution in [-0.4, -0.2) is 29.1 Å². The second-order valence-corrected chi connectivity index (χ2v) is 7.14. The van der Waals surface area contributed by atoms with Crippen LogP contribution in [0, 0.1) is 5.92 Å². The van der Waals surface area contributed by atoms with E-state index in [1.54, 1.807) is 12.1 Å². The van der Waals surface area contributed by atoms with Gasteiger partial charge in [0, 0.05) is 17.5 Å². The summed E-state index contributed by atoms with van der Waals surface area (Å²) in [7, 11) is 0. The van der Waals surface area contributed by atoms with Crippen molar-refractivity contribution in [3.05, 3.63) is 71.5 Å². The molecule has 0 aliphatic carbocycles. The fraction of sp³-hybridized carbons (Fsp3) is 0.318. The Balaban J connectivity index is 1.37. The fourth-order valence-electron chi connectivity index (χ4n) is 3.96. The molecule has 4 rings (SSSR count). The molecular weight excluding hydrogens is 326 g/mol. The number of hydrogen-bond donors (Lipinski definition) is 1. The number of rotatable bonds is 5. The van der Waals surface area contributed by atoms with Gasteiger partial charge in [-0.1, -0.05) is 36.4 Å². The number of likely N-dealkylation sites (tertiary alicyclic amines) is 1. The molecule has 1 aliphatic heterocycles. The number of para-hydroxylation sites is 1. The molecule has 0 unspecified atom stereocenters. The van der Waals surface area contributed by atoms with E-state index in [1.165, 1.54) is 10.9 Å². The smallest absolute Gasteiger partial charge is 0.335 e. The number of carboxylic acids is 1. The number of benzene rings is 2. The molecule has 26 heavy (non-hydrogen) atoms. The molecule has 3 aromatic rings. The Morgan fingerprint density at radius 2 is 1.77 bits per heavy atom. The van der Waals surface area contributed by atoms with Crippen LogP contribution in [0.4, 0.5) is 0 Å². The third-order valence-electron chi connectivity index (χ3n) is 5.42. The highest BCUT2D eigenvalue weighted by molar-refractivity contribution is 5.89. The highest BCUT2D eigenvalue weighted by atomic mass is 16.4. The molecule has 0 saturated carbocycles. The Bertz CT molecular complexity index is 906. The van der Waals surface area contributed by atoms with Crippen molar-refractivity contribution in [1.29, 1.82) is 0 Å². The first-order valence-electron chi connectivity index (χ1n) is 9.19. The third-order valence-corrected chi connectivity index (χ3v) is 5.42. The molecule has 0 radical (unpaired) electrons. The Morgan fingerprint density at radius 3 is 2.58 bits per heavy atom. The van der Waals surface area contributed by atoms with Gasteiger partial charge in [-0.2, -0.15) is 0 Å². The molecule has 1 aliphatic rings. The van der Waals surface area contributed by atoms with Gasteiger partial charge in [-0.25, -0.2) is 4.79 Å². The average Bonchev–Trinajstić information content (AvgIpc) is 3.07. The number of carbonyl (C=O) groups is 1. The van der Waals surface area contributed by atoms with Gasteiger partial charge in [0.2, 0.25) is 0 Å². The zero-order valence-corrected chi connectivity index (χ0v) is 14.7. The first kappa shape index (κ1) is 16.9. The summed E-state index contributed by atoms with van der Waals surface area (Å²) in [5.74, 6) is -0.280. The van der Waals surface area contributed by atoms with Crippen LogP contribution in [0.15, 0.2) is 59.2 Å². The van der Waals surface area contributed by atoms with Gasteiger partial charge < -0.3 is 9.52 Å². The molecule has 4 nitrogen and oxygen atoms in total. The summed E-state index contributed by atoms with van der Waals surface area (Å²) in [5, 5.41) is 10.5. The highest BCUT2D eigenvalue weighted by Gasteiger charge is 2.22. The molecule has 134 valence electrons. The van der Waals surface area contributed by atoms with E-state index in [0.29, 0.717) is 11.5 Å². The molecule has 0 amide bonds. The van der Waals surface area contributed by atoms with E-state index in [9.17, 15) is 9.90 Å². The maximum absolute atomic E-state index is 11.4. The minimum Gasteiger partial charge on any atom is -0.478 e. The monoisotopic (exact) mass is 349 g/mol. The standard InChI is InChI=1S/C22H23NO3/c24-22(25)20-7-2-1-5-17(20)13-16-9-11-23(12-10-16)14-18-15-26-21-8-4-3-6-19(18)21/h1-8,15-16H,9-14H2,(H,24,25). The maximum atomic E-state index is 11.4. The number of furan rings is 1. The van der Waals surface area contributed by atoms with E-state index in [1.807, 2.05) is 36.6 Å². The van der Waals surface area contributed by atoms with Crippen molar-refractivity contribution in [1.82, 2.24) is 4.90 Å². The Kier molecular flexibility index (Phi) is 4.76. The number of hydrogen-bond acceptors (Lipinski definition) is 3. The SMILES string of the molecule is O=C(O)c1ccccc1CC1CCN(Cc2coc3ccccc23)CC1. The van der Waals surface area contributed by atoms with E-state index >= 15 is 0 Å². The van der Waals surface area contributed by atoms with Crippen LogP contribution in [0.5, 0.6) is 0 Å². The van der Waals surface area contributed by atoms with Crippen LogP contribution in [0.2, 0.25) is 0 Å². The predicted octanol–water partition coefficient (Wildman–Crippen LogP) is 4.59. The molecule has 1 N–H and O–H groups in total. The van der Waals surface area contributed by atoms with E-state index < -0.39 is 5.97 Å². The second kappa shape index (κ2) is 7.34. The normalized spacial score (nSPS) is 16.2. The highest BCUT2D eigenvalue weighted by Crippen LogP contribution is 2.27. The molecule has 1 saturated heterocycles. The lowest BCUT2D eigenvalue weighted by Gasteiger charge is -2.32. The molecule has 1 fully saturated rings. The van der Waals surface area contributed by atoms with Gasteiger partial charge >= 0.3 is 5.97 Å². The number of aromatic carboxylic acids is 1. The van der Waals surface area contributed by atoms with Crippen LogP contribution >= 0.6 is 0 Å². The van der Waals surface area contributed by atoms with Crippen LogP contribution in [0.25, 0.3) is 11.0 Å². The lowest BCUT2D eigenvalue weighted by molar-refractivity contribution is 0.0695.